The molecule has 1 aliphatic heterocycles. The molecule has 1 saturated heterocycles. The summed E-state index contributed by atoms with van der Waals surface area (Å²) >= 11 is 5.98. The highest BCUT2D eigenvalue weighted by Crippen LogP contribution is 2.24. The van der Waals surface area contributed by atoms with Crippen molar-refractivity contribution in [1.29, 1.82) is 0 Å². The number of likely N-dealkylation sites (tertiary alicyclic amines) is 1. The summed E-state index contributed by atoms with van der Waals surface area (Å²) in [5, 5.41) is 7.00. The van der Waals surface area contributed by atoms with Crippen molar-refractivity contribution < 1.29 is 13.5 Å². The van der Waals surface area contributed by atoms with E-state index in [9.17, 15) is 8.78 Å². The van der Waals surface area contributed by atoms with Gasteiger partial charge in [-0.05, 0) is 38.0 Å². The molecule has 1 fully saturated rings. The molecule has 0 aliphatic carbocycles. The Labute approximate surface area is 164 Å². The highest BCUT2D eigenvalue weighted by atomic mass is 35.5. The molecule has 27 heavy (non-hydrogen) atoms. The molecule has 0 unspecified atom stereocenters. The van der Waals surface area contributed by atoms with Crippen molar-refractivity contribution in [1.82, 2.24) is 15.5 Å². The van der Waals surface area contributed by atoms with Crippen molar-refractivity contribution >= 4 is 17.6 Å². The summed E-state index contributed by atoms with van der Waals surface area (Å²) in [6, 6.07) is 4.89. The third-order valence-corrected chi connectivity index (χ3v) is 4.57. The van der Waals surface area contributed by atoms with Gasteiger partial charge in [0.05, 0.1) is 0 Å². The minimum Gasteiger partial charge on any atom is -0.434 e. The summed E-state index contributed by atoms with van der Waals surface area (Å²) in [7, 11) is 1.68. The topological polar surface area (TPSA) is 48.9 Å². The molecule has 150 valence electrons. The van der Waals surface area contributed by atoms with Crippen molar-refractivity contribution in [2.24, 2.45) is 4.99 Å². The molecule has 2 N–H and O–H groups in total. The van der Waals surface area contributed by atoms with Crippen LogP contribution in [0.5, 0.6) is 5.75 Å². The summed E-state index contributed by atoms with van der Waals surface area (Å²) in [4.78, 5) is 6.61. The maximum absolute atomic E-state index is 12.6. The minimum atomic E-state index is -2.88. The van der Waals surface area contributed by atoms with Gasteiger partial charge in [-0.25, -0.2) is 0 Å². The summed E-state index contributed by atoms with van der Waals surface area (Å²) in [6.45, 7) is 6.33. The quantitative estimate of drug-likeness (QED) is 0.417. The van der Waals surface area contributed by atoms with Crippen molar-refractivity contribution in [3.05, 3.63) is 40.9 Å². The van der Waals surface area contributed by atoms with Gasteiger partial charge in [-0.15, -0.1) is 0 Å². The second-order valence-corrected chi connectivity index (χ2v) is 7.14. The molecule has 0 spiro atoms. The molecule has 0 atom stereocenters. The van der Waals surface area contributed by atoms with Crippen LogP contribution in [0.4, 0.5) is 8.78 Å². The lowest BCUT2D eigenvalue weighted by molar-refractivity contribution is -0.0504. The van der Waals surface area contributed by atoms with Gasteiger partial charge in [0.15, 0.2) is 5.96 Å². The molecule has 0 aromatic heterocycles. The van der Waals surface area contributed by atoms with E-state index in [-0.39, 0.29) is 12.3 Å². The van der Waals surface area contributed by atoms with Gasteiger partial charge >= 0.3 is 6.61 Å². The Balaban J connectivity index is 1.88. The maximum atomic E-state index is 12.6. The molecule has 0 bridgehead atoms. The Morgan fingerprint density at radius 1 is 1.41 bits per heavy atom. The Morgan fingerprint density at radius 3 is 2.70 bits per heavy atom. The molecule has 8 heteroatoms. The molecule has 0 amide bonds. The zero-order valence-corrected chi connectivity index (χ0v) is 16.5. The molecule has 1 aliphatic rings. The second kappa shape index (κ2) is 10.5. The van der Waals surface area contributed by atoms with Gasteiger partial charge in [-0.1, -0.05) is 23.8 Å². The molecule has 5 nitrogen and oxygen atoms in total. The van der Waals surface area contributed by atoms with E-state index < -0.39 is 6.61 Å². The Hall–Kier alpha value is -1.86. The molecule has 1 aromatic carbocycles. The fourth-order valence-electron chi connectivity index (χ4n) is 3.08. The number of nitrogens with zero attached hydrogens (tertiary/aromatic N) is 2. The number of nitrogens with one attached hydrogen (secondary N) is 2. The smallest absolute Gasteiger partial charge is 0.387 e. The van der Waals surface area contributed by atoms with Crippen molar-refractivity contribution in [2.45, 2.75) is 39.0 Å². The first-order valence-electron chi connectivity index (χ1n) is 8.94. The van der Waals surface area contributed by atoms with E-state index in [4.69, 9.17) is 11.6 Å². The largest absolute Gasteiger partial charge is 0.434 e. The number of piperidine rings is 1. The molecular formula is C19H27ClF2N4O. The van der Waals surface area contributed by atoms with Crippen LogP contribution < -0.4 is 15.4 Å². The van der Waals surface area contributed by atoms with Crippen LogP contribution >= 0.6 is 11.6 Å². The van der Waals surface area contributed by atoms with Gasteiger partial charge in [0.1, 0.15) is 5.75 Å². The van der Waals surface area contributed by atoms with Crippen LogP contribution in [0.3, 0.4) is 0 Å². The fraction of sp³-hybridized carbons (Fsp3) is 0.526. The normalized spacial score (nSPS) is 16.4. The SMILES string of the molecule is C=C(C)CN1CCC(NC(=NC)NCc2cc(Cl)ccc2OC(F)F)CC1. The monoisotopic (exact) mass is 400 g/mol. The van der Waals surface area contributed by atoms with Gasteiger partial charge in [0.25, 0.3) is 0 Å². The predicted octanol–water partition coefficient (Wildman–Crippen LogP) is 3.65. The van der Waals surface area contributed by atoms with E-state index in [0.29, 0.717) is 22.6 Å². The van der Waals surface area contributed by atoms with Gasteiger partial charge in [0, 0.05) is 49.9 Å². The number of benzene rings is 1. The number of hydrogen-bond acceptors (Lipinski definition) is 3. The maximum Gasteiger partial charge on any atom is 0.387 e. The Morgan fingerprint density at radius 2 is 2.11 bits per heavy atom. The van der Waals surface area contributed by atoms with Gasteiger partial charge in [-0.2, -0.15) is 8.78 Å². The van der Waals surface area contributed by atoms with E-state index >= 15 is 0 Å². The number of aliphatic imine (C=N–C) groups is 1. The van der Waals surface area contributed by atoms with Crippen LogP contribution in [0, 0.1) is 0 Å². The summed E-state index contributed by atoms with van der Waals surface area (Å²) in [6.07, 6.45) is 2.01. The first kappa shape index (κ1) is 21.4. The Kier molecular flexibility index (Phi) is 8.31. The highest BCUT2D eigenvalue weighted by Gasteiger charge is 2.20. The van der Waals surface area contributed by atoms with Gasteiger partial charge in [-0.3, -0.25) is 9.89 Å². The lowest BCUT2D eigenvalue weighted by atomic mass is 10.0. The van der Waals surface area contributed by atoms with Crippen molar-refractivity contribution in [3.63, 3.8) is 0 Å². The summed E-state index contributed by atoms with van der Waals surface area (Å²) < 4.78 is 29.7. The average molecular weight is 401 g/mol. The van der Waals surface area contributed by atoms with E-state index in [1.54, 1.807) is 13.1 Å². The summed E-state index contributed by atoms with van der Waals surface area (Å²) in [5.74, 6) is 0.724. The zero-order valence-electron chi connectivity index (χ0n) is 15.8. The van der Waals surface area contributed by atoms with Crippen LogP contribution in [0.15, 0.2) is 35.3 Å². The van der Waals surface area contributed by atoms with Crippen LogP contribution in [0.2, 0.25) is 5.02 Å². The average Bonchev–Trinajstić information content (AvgIpc) is 2.61. The number of halogens is 3. The molecule has 1 heterocycles. The second-order valence-electron chi connectivity index (χ2n) is 6.71. The molecule has 0 radical (unpaired) electrons. The third kappa shape index (κ3) is 7.34. The molecule has 1 aromatic rings. The predicted molar refractivity (Wildman–Crippen MR) is 106 cm³/mol. The summed E-state index contributed by atoms with van der Waals surface area (Å²) in [5.41, 5.74) is 1.71. The van der Waals surface area contributed by atoms with E-state index in [1.165, 1.54) is 17.7 Å². The van der Waals surface area contributed by atoms with Crippen LogP contribution in [0.1, 0.15) is 25.3 Å². The lowest BCUT2D eigenvalue weighted by Gasteiger charge is -2.33. The number of rotatable bonds is 7. The lowest BCUT2D eigenvalue weighted by Crippen LogP contribution is -2.48. The van der Waals surface area contributed by atoms with Crippen molar-refractivity contribution in [2.75, 3.05) is 26.7 Å². The fourth-order valence-corrected chi connectivity index (χ4v) is 3.28. The van der Waals surface area contributed by atoms with Crippen LogP contribution in [-0.4, -0.2) is 50.2 Å². The number of hydrogen-bond donors (Lipinski definition) is 2. The standard InChI is InChI=1S/C19H27ClF2N4O/c1-13(2)12-26-8-6-16(7-9-26)25-19(23-3)24-11-14-10-15(20)4-5-17(14)27-18(21)22/h4-5,10,16,18H,1,6-9,11-12H2,2-3H3,(H2,23,24,25). The van der Waals surface area contributed by atoms with Crippen LogP contribution in [-0.2, 0) is 6.54 Å². The molecule has 2 rings (SSSR count). The van der Waals surface area contributed by atoms with Crippen LogP contribution in [0.25, 0.3) is 0 Å². The zero-order chi connectivity index (χ0) is 19.8. The van der Waals surface area contributed by atoms with E-state index in [2.05, 4.69) is 31.8 Å². The number of ether oxygens (including phenoxy) is 1. The molecule has 0 saturated carbocycles. The van der Waals surface area contributed by atoms with Gasteiger partial charge < -0.3 is 15.4 Å². The van der Waals surface area contributed by atoms with Gasteiger partial charge in [0.2, 0.25) is 0 Å². The number of guanidine groups is 1. The van der Waals surface area contributed by atoms with Crippen molar-refractivity contribution in [3.8, 4) is 5.75 Å². The number of alkyl halides is 2. The third-order valence-electron chi connectivity index (χ3n) is 4.33. The Bertz CT molecular complexity index is 661. The highest BCUT2D eigenvalue weighted by molar-refractivity contribution is 6.30. The minimum absolute atomic E-state index is 0.102. The first-order valence-corrected chi connectivity index (χ1v) is 9.32. The molecular weight excluding hydrogens is 374 g/mol. The van der Waals surface area contributed by atoms with E-state index in [0.717, 1.165) is 32.5 Å². The van der Waals surface area contributed by atoms with E-state index in [1.807, 2.05) is 6.92 Å². The first-order chi connectivity index (χ1) is 12.9.